The van der Waals surface area contributed by atoms with Crippen LogP contribution >= 0.6 is 0 Å². The number of hydrogen-bond acceptors (Lipinski definition) is 3. The lowest BCUT2D eigenvalue weighted by molar-refractivity contribution is -0.122. The van der Waals surface area contributed by atoms with Crippen molar-refractivity contribution in [3.63, 3.8) is 0 Å². The third-order valence-corrected chi connectivity index (χ3v) is 3.30. The van der Waals surface area contributed by atoms with Crippen LogP contribution in [0, 0.1) is 0 Å². The van der Waals surface area contributed by atoms with Crippen molar-refractivity contribution >= 4 is 5.91 Å². The molecule has 0 aromatic heterocycles. The van der Waals surface area contributed by atoms with Crippen LogP contribution < -0.4 is 15.8 Å². The lowest BCUT2D eigenvalue weighted by Gasteiger charge is -2.13. The van der Waals surface area contributed by atoms with Crippen LogP contribution in [0.15, 0.2) is 54.6 Å². The van der Waals surface area contributed by atoms with Gasteiger partial charge in [0.05, 0.1) is 6.61 Å². The molecule has 0 aliphatic carbocycles. The van der Waals surface area contributed by atoms with E-state index in [2.05, 4.69) is 12.2 Å². The number of nitrogens with one attached hydrogen (secondary N) is 1. The summed E-state index contributed by atoms with van der Waals surface area (Å²) < 4.78 is 5.52. The molecule has 1 atom stereocenters. The second-order valence-electron chi connectivity index (χ2n) is 5.10. The largest absolute Gasteiger partial charge is 0.494 e. The third-order valence-electron chi connectivity index (χ3n) is 3.30. The van der Waals surface area contributed by atoms with Gasteiger partial charge in [0.2, 0.25) is 5.91 Å². The Morgan fingerprint density at radius 2 is 1.82 bits per heavy atom. The molecular formula is C18H22N2O2. The summed E-state index contributed by atoms with van der Waals surface area (Å²) in [4.78, 5) is 12.1. The molecule has 3 N–H and O–H groups in total. The first-order chi connectivity index (χ1) is 10.7. The van der Waals surface area contributed by atoms with Gasteiger partial charge in [0.15, 0.2) is 0 Å². The molecule has 0 saturated heterocycles. The fraction of sp³-hybridized carbons (Fsp3) is 0.278. The van der Waals surface area contributed by atoms with E-state index in [0.717, 1.165) is 23.3 Å². The number of carbonyl (C=O) groups excluding carboxylic acids is 1. The van der Waals surface area contributed by atoms with E-state index in [-0.39, 0.29) is 5.91 Å². The molecular weight excluding hydrogens is 276 g/mol. The Bertz CT molecular complexity index is 582. The minimum absolute atomic E-state index is 0.183. The summed E-state index contributed by atoms with van der Waals surface area (Å²) >= 11 is 0. The van der Waals surface area contributed by atoms with Crippen LogP contribution in [0.1, 0.15) is 30.5 Å². The van der Waals surface area contributed by atoms with Crippen molar-refractivity contribution in [2.75, 3.05) is 6.61 Å². The van der Waals surface area contributed by atoms with Gasteiger partial charge in [0.1, 0.15) is 11.8 Å². The van der Waals surface area contributed by atoms with E-state index < -0.39 is 6.04 Å². The third kappa shape index (κ3) is 4.60. The molecule has 0 heterocycles. The molecule has 0 aliphatic rings. The number of ether oxygens (including phenoxy) is 1. The molecule has 22 heavy (non-hydrogen) atoms. The van der Waals surface area contributed by atoms with Gasteiger partial charge in [-0.1, -0.05) is 49.4 Å². The first-order valence-corrected chi connectivity index (χ1v) is 7.50. The highest BCUT2D eigenvalue weighted by Gasteiger charge is 2.14. The number of nitrogens with two attached hydrogens (primary N) is 1. The average Bonchev–Trinajstić information content (AvgIpc) is 2.58. The topological polar surface area (TPSA) is 64.3 Å². The molecule has 0 fully saturated rings. The second kappa shape index (κ2) is 8.20. The van der Waals surface area contributed by atoms with E-state index in [1.807, 2.05) is 54.6 Å². The number of hydrogen-bond donors (Lipinski definition) is 2. The first-order valence-electron chi connectivity index (χ1n) is 7.50. The Kier molecular flexibility index (Phi) is 5.98. The fourth-order valence-corrected chi connectivity index (χ4v) is 2.03. The summed E-state index contributed by atoms with van der Waals surface area (Å²) in [7, 11) is 0. The Hall–Kier alpha value is -2.33. The highest BCUT2D eigenvalue weighted by Crippen LogP contribution is 2.13. The monoisotopic (exact) mass is 298 g/mol. The van der Waals surface area contributed by atoms with E-state index in [9.17, 15) is 4.79 Å². The van der Waals surface area contributed by atoms with Crippen molar-refractivity contribution in [3.05, 3.63) is 65.7 Å². The average molecular weight is 298 g/mol. The highest BCUT2D eigenvalue weighted by atomic mass is 16.5. The molecule has 116 valence electrons. The minimum Gasteiger partial charge on any atom is -0.494 e. The van der Waals surface area contributed by atoms with E-state index >= 15 is 0 Å². The van der Waals surface area contributed by atoms with E-state index in [1.165, 1.54) is 0 Å². The lowest BCUT2D eigenvalue weighted by Crippen LogP contribution is -2.33. The Balaban J connectivity index is 1.85. The lowest BCUT2D eigenvalue weighted by atomic mass is 10.1. The maximum atomic E-state index is 12.1. The van der Waals surface area contributed by atoms with Crippen LogP contribution in [0.25, 0.3) is 0 Å². The Morgan fingerprint density at radius 3 is 2.45 bits per heavy atom. The molecule has 1 unspecified atom stereocenters. The van der Waals surface area contributed by atoms with Crippen molar-refractivity contribution in [3.8, 4) is 5.75 Å². The van der Waals surface area contributed by atoms with Crippen molar-refractivity contribution in [1.82, 2.24) is 5.32 Å². The maximum Gasteiger partial charge on any atom is 0.241 e. The molecule has 0 spiro atoms. The van der Waals surface area contributed by atoms with Crippen molar-refractivity contribution in [2.24, 2.45) is 5.73 Å². The molecule has 4 heteroatoms. The van der Waals surface area contributed by atoms with Crippen LogP contribution in [-0.4, -0.2) is 12.5 Å². The van der Waals surface area contributed by atoms with Crippen LogP contribution in [0.5, 0.6) is 5.75 Å². The standard InChI is InChI=1S/C18H22N2O2/c1-2-12-22-16-10-8-14(9-11-16)13-20-18(21)17(19)15-6-4-3-5-7-15/h3-11,17H,2,12-13,19H2,1H3,(H,20,21). The number of benzene rings is 2. The van der Waals surface area contributed by atoms with Crippen molar-refractivity contribution in [2.45, 2.75) is 25.9 Å². The van der Waals surface area contributed by atoms with Gasteiger partial charge < -0.3 is 15.8 Å². The molecule has 0 bridgehead atoms. The summed E-state index contributed by atoms with van der Waals surface area (Å²) in [5.74, 6) is 0.662. The fourth-order valence-electron chi connectivity index (χ4n) is 2.03. The van der Waals surface area contributed by atoms with E-state index in [1.54, 1.807) is 0 Å². The van der Waals surface area contributed by atoms with Gasteiger partial charge in [-0.05, 0) is 29.7 Å². The predicted octanol–water partition coefficient (Wildman–Crippen LogP) is 2.79. The summed E-state index contributed by atoms with van der Waals surface area (Å²) in [5, 5.41) is 2.86. The van der Waals surface area contributed by atoms with Gasteiger partial charge in [-0.3, -0.25) is 4.79 Å². The molecule has 0 radical (unpaired) electrons. The normalized spacial score (nSPS) is 11.7. The minimum atomic E-state index is -0.645. The quantitative estimate of drug-likeness (QED) is 0.826. The highest BCUT2D eigenvalue weighted by molar-refractivity contribution is 5.82. The van der Waals surface area contributed by atoms with Gasteiger partial charge in [-0.25, -0.2) is 0 Å². The van der Waals surface area contributed by atoms with Crippen molar-refractivity contribution in [1.29, 1.82) is 0 Å². The summed E-state index contributed by atoms with van der Waals surface area (Å²) in [6.45, 7) is 3.23. The molecule has 0 saturated carbocycles. The van der Waals surface area contributed by atoms with Gasteiger partial charge in [0.25, 0.3) is 0 Å². The zero-order valence-corrected chi connectivity index (χ0v) is 12.8. The van der Waals surface area contributed by atoms with E-state index in [4.69, 9.17) is 10.5 Å². The summed E-state index contributed by atoms with van der Waals surface area (Å²) in [6, 6.07) is 16.4. The van der Waals surface area contributed by atoms with Gasteiger partial charge in [0, 0.05) is 6.54 Å². The molecule has 1 amide bonds. The Morgan fingerprint density at radius 1 is 1.14 bits per heavy atom. The molecule has 2 aromatic carbocycles. The van der Waals surface area contributed by atoms with Gasteiger partial charge in [-0.15, -0.1) is 0 Å². The Labute approximate surface area is 131 Å². The van der Waals surface area contributed by atoms with Gasteiger partial charge in [-0.2, -0.15) is 0 Å². The van der Waals surface area contributed by atoms with Crippen LogP contribution in [0.4, 0.5) is 0 Å². The zero-order valence-electron chi connectivity index (χ0n) is 12.8. The van der Waals surface area contributed by atoms with Crippen molar-refractivity contribution < 1.29 is 9.53 Å². The SMILES string of the molecule is CCCOc1ccc(CNC(=O)C(N)c2ccccc2)cc1. The van der Waals surface area contributed by atoms with Gasteiger partial charge >= 0.3 is 0 Å². The first kappa shape index (κ1) is 16.0. The smallest absolute Gasteiger partial charge is 0.241 e. The summed E-state index contributed by atoms with van der Waals surface area (Å²) in [6.07, 6.45) is 0.981. The van der Waals surface area contributed by atoms with Crippen LogP contribution in [-0.2, 0) is 11.3 Å². The molecule has 2 rings (SSSR count). The number of carbonyl (C=O) groups is 1. The molecule has 0 aliphatic heterocycles. The van der Waals surface area contributed by atoms with Crippen LogP contribution in [0.2, 0.25) is 0 Å². The summed E-state index contributed by atoms with van der Waals surface area (Å²) in [5.41, 5.74) is 7.77. The second-order valence-corrected chi connectivity index (χ2v) is 5.10. The number of amides is 1. The molecule has 2 aromatic rings. The zero-order chi connectivity index (χ0) is 15.8. The van der Waals surface area contributed by atoms with Crippen LogP contribution in [0.3, 0.4) is 0 Å². The number of rotatable bonds is 7. The predicted molar refractivity (Wildman–Crippen MR) is 87.4 cm³/mol. The molecule has 4 nitrogen and oxygen atoms in total. The maximum absolute atomic E-state index is 12.1. The van der Waals surface area contributed by atoms with E-state index in [0.29, 0.717) is 13.2 Å².